The van der Waals surface area contributed by atoms with Gasteiger partial charge in [0.05, 0.1) is 6.54 Å². The summed E-state index contributed by atoms with van der Waals surface area (Å²) in [5.74, 6) is 0. The fraction of sp³-hybridized carbons (Fsp3) is 0.714. The quantitative estimate of drug-likeness (QED) is 0.841. The van der Waals surface area contributed by atoms with Crippen LogP contribution in [0.4, 0.5) is 4.79 Å². The van der Waals surface area contributed by atoms with Crippen LogP contribution in [0.2, 0.25) is 0 Å². The van der Waals surface area contributed by atoms with E-state index in [1.807, 2.05) is 37.2 Å². The molecule has 1 aromatic rings. The molecule has 1 fully saturated rings. The Bertz CT molecular complexity index is 442. The Morgan fingerprint density at radius 2 is 2.25 bits per heavy atom. The van der Waals surface area contributed by atoms with Gasteiger partial charge in [0.2, 0.25) is 0 Å². The molecule has 2 rings (SSSR count). The smallest absolute Gasteiger partial charge is 0.410 e. The van der Waals surface area contributed by atoms with Crippen molar-refractivity contribution in [2.24, 2.45) is 0 Å². The summed E-state index contributed by atoms with van der Waals surface area (Å²) in [7, 11) is 0. The molecule has 0 N–H and O–H groups in total. The third kappa shape index (κ3) is 4.18. The number of aromatic nitrogens is 1. The number of piperazine rings is 1. The van der Waals surface area contributed by atoms with Crippen LogP contribution < -0.4 is 0 Å². The number of rotatable bonds is 2. The molecule has 1 aliphatic rings. The van der Waals surface area contributed by atoms with Crippen molar-refractivity contribution < 1.29 is 9.53 Å². The average molecular weight is 297 g/mol. The molecule has 6 heteroatoms. The van der Waals surface area contributed by atoms with Crippen LogP contribution in [-0.4, -0.2) is 52.2 Å². The highest BCUT2D eigenvalue weighted by Crippen LogP contribution is 2.17. The van der Waals surface area contributed by atoms with E-state index < -0.39 is 5.60 Å². The second-order valence-electron chi connectivity index (χ2n) is 6.18. The van der Waals surface area contributed by atoms with Gasteiger partial charge < -0.3 is 9.64 Å². The molecule has 0 aromatic carbocycles. The zero-order valence-electron chi connectivity index (χ0n) is 12.6. The molecule has 1 amide bonds. The number of hydrogen-bond acceptors (Lipinski definition) is 5. The summed E-state index contributed by atoms with van der Waals surface area (Å²) in [5, 5.41) is 3.12. The summed E-state index contributed by atoms with van der Waals surface area (Å²) in [6.07, 6.45) is 1.62. The zero-order chi connectivity index (χ0) is 14.8. The van der Waals surface area contributed by atoms with E-state index in [1.54, 1.807) is 11.3 Å². The van der Waals surface area contributed by atoms with Crippen molar-refractivity contribution in [3.05, 3.63) is 16.6 Å². The van der Waals surface area contributed by atoms with E-state index in [0.717, 1.165) is 24.6 Å². The maximum Gasteiger partial charge on any atom is 0.410 e. The molecule has 0 bridgehead atoms. The largest absolute Gasteiger partial charge is 0.444 e. The maximum atomic E-state index is 12.1. The Kier molecular flexibility index (Phi) is 4.65. The molecule has 0 radical (unpaired) electrons. The Morgan fingerprint density at radius 3 is 2.80 bits per heavy atom. The van der Waals surface area contributed by atoms with Crippen LogP contribution in [0.1, 0.15) is 32.7 Å². The Balaban J connectivity index is 1.87. The van der Waals surface area contributed by atoms with E-state index in [0.29, 0.717) is 6.54 Å². The number of hydrogen-bond donors (Lipinski definition) is 0. The molecule has 20 heavy (non-hydrogen) atoms. The van der Waals surface area contributed by atoms with E-state index in [4.69, 9.17) is 4.74 Å². The Hall–Kier alpha value is -1.14. The first-order valence-electron chi connectivity index (χ1n) is 6.95. The number of thiazole rings is 1. The van der Waals surface area contributed by atoms with Gasteiger partial charge >= 0.3 is 6.09 Å². The lowest BCUT2D eigenvalue weighted by atomic mass is 10.2. The van der Waals surface area contributed by atoms with Gasteiger partial charge in [-0.2, -0.15) is 0 Å². The van der Waals surface area contributed by atoms with Crippen molar-refractivity contribution in [3.8, 4) is 0 Å². The van der Waals surface area contributed by atoms with E-state index >= 15 is 0 Å². The molecule has 1 saturated heterocycles. The second kappa shape index (κ2) is 6.10. The van der Waals surface area contributed by atoms with E-state index in [9.17, 15) is 4.79 Å². The molecule has 112 valence electrons. The number of ether oxygens (including phenoxy) is 1. The molecule has 0 saturated carbocycles. The SMILES string of the molecule is CC1CN(Cc2nccs2)CCN1C(=O)OC(C)(C)C. The van der Waals surface area contributed by atoms with E-state index in [2.05, 4.69) is 16.8 Å². The van der Waals surface area contributed by atoms with E-state index in [1.165, 1.54) is 0 Å². The van der Waals surface area contributed by atoms with E-state index in [-0.39, 0.29) is 12.1 Å². The number of carbonyl (C=O) groups excluding carboxylic acids is 1. The fourth-order valence-corrected chi connectivity index (χ4v) is 2.95. The molecule has 1 atom stereocenters. The average Bonchev–Trinajstić information content (AvgIpc) is 2.79. The van der Waals surface area contributed by atoms with Gasteiger partial charge in [0.15, 0.2) is 0 Å². The minimum absolute atomic E-state index is 0.165. The summed E-state index contributed by atoms with van der Waals surface area (Å²) in [6.45, 7) is 11.1. The summed E-state index contributed by atoms with van der Waals surface area (Å²) in [6, 6.07) is 0.165. The molecule has 0 spiro atoms. The Morgan fingerprint density at radius 1 is 1.50 bits per heavy atom. The van der Waals surface area contributed by atoms with Crippen molar-refractivity contribution in [3.63, 3.8) is 0 Å². The van der Waals surface area contributed by atoms with Gasteiger partial charge in [-0.15, -0.1) is 11.3 Å². The molecule has 1 aromatic heterocycles. The lowest BCUT2D eigenvalue weighted by Gasteiger charge is -2.39. The maximum absolute atomic E-state index is 12.1. The molecule has 2 heterocycles. The summed E-state index contributed by atoms with van der Waals surface area (Å²) >= 11 is 1.67. The minimum Gasteiger partial charge on any atom is -0.444 e. The van der Waals surface area contributed by atoms with Crippen LogP contribution in [0.3, 0.4) is 0 Å². The van der Waals surface area contributed by atoms with Gasteiger partial charge in [-0.05, 0) is 27.7 Å². The van der Waals surface area contributed by atoms with Gasteiger partial charge in [-0.25, -0.2) is 9.78 Å². The molecular weight excluding hydrogens is 274 g/mol. The molecule has 0 aliphatic carbocycles. The molecular formula is C14H23N3O2S. The van der Waals surface area contributed by atoms with Crippen molar-refractivity contribution in [1.29, 1.82) is 0 Å². The second-order valence-corrected chi connectivity index (χ2v) is 7.16. The van der Waals surface area contributed by atoms with Crippen molar-refractivity contribution in [2.45, 2.75) is 45.9 Å². The first-order chi connectivity index (χ1) is 9.35. The summed E-state index contributed by atoms with van der Waals surface area (Å²) in [4.78, 5) is 20.6. The topological polar surface area (TPSA) is 45.7 Å². The number of carbonyl (C=O) groups is 1. The van der Waals surface area contributed by atoms with Gasteiger partial charge in [0.25, 0.3) is 0 Å². The standard InChI is InChI=1S/C14H23N3O2S/c1-11-9-16(10-12-15-5-8-20-12)6-7-17(11)13(18)19-14(2,3)4/h5,8,11H,6-7,9-10H2,1-4H3. The van der Waals surface area contributed by atoms with Crippen LogP contribution in [-0.2, 0) is 11.3 Å². The van der Waals surface area contributed by atoms with Crippen LogP contribution in [0.15, 0.2) is 11.6 Å². The van der Waals surface area contributed by atoms with Crippen molar-refractivity contribution >= 4 is 17.4 Å². The zero-order valence-corrected chi connectivity index (χ0v) is 13.4. The summed E-state index contributed by atoms with van der Waals surface area (Å²) in [5.41, 5.74) is -0.436. The summed E-state index contributed by atoms with van der Waals surface area (Å²) < 4.78 is 5.45. The highest BCUT2D eigenvalue weighted by molar-refractivity contribution is 7.09. The predicted molar refractivity (Wildman–Crippen MR) is 79.8 cm³/mol. The van der Waals surface area contributed by atoms with Crippen LogP contribution >= 0.6 is 11.3 Å². The lowest BCUT2D eigenvalue weighted by molar-refractivity contribution is 0.000559. The minimum atomic E-state index is -0.436. The van der Waals surface area contributed by atoms with Gasteiger partial charge in [0, 0.05) is 37.3 Å². The molecule has 1 unspecified atom stereocenters. The monoisotopic (exact) mass is 297 g/mol. The van der Waals surface area contributed by atoms with Gasteiger partial charge in [-0.1, -0.05) is 0 Å². The third-order valence-corrected chi connectivity index (χ3v) is 3.95. The van der Waals surface area contributed by atoms with Crippen molar-refractivity contribution in [1.82, 2.24) is 14.8 Å². The highest BCUT2D eigenvalue weighted by Gasteiger charge is 2.30. The third-order valence-electron chi connectivity index (χ3n) is 3.18. The first kappa shape index (κ1) is 15.3. The normalized spacial score (nSPS) is 21.0. The van der Waals surface area contributed by atoms with Crippen LogP contribution in [0, 0.1) is 0 Å². The number of nitrogens with zero attached hydrogens (tertiary/aromatic N) is 3. The van der Waals surface area contributed by atoms with Crippen LogP contribution in [0.5, 0.6) is 0 Å². The van der Waals surface area contributed by atoms with Gasteiger partial charge in [0.1, 0.15) is 10.6 Å². The predicted octanol–water partition coefficient (Wildman–Crippen LogP) is 2.58. The number of amides is 1. The lowest BCUT2D eigenvalue weighted by Crippen LogP contribution is -2.54. The highest BCUT2D eigenvalue weighted by atomic mass is 32.1. The Labute approximate surface area is 124 Å². The van der Waals surface area contributed by atoms with Gasteiger partial charge in [-0.3, -0.25) is 4.90 Å². The first-order valence-corrected chi connectivity index (χ1v) is 7.83. The fourth-order valence-electron chi connectivity index (χ4n) is 2.29. The van der Waals surface area contributed by atoms with Crippen LogP contribution in [0.25, 0.3) is 0 Å². The van der Waals surface area contributed by atoms with Crippen molar-refractivity contribution in [2.75, 3.05) is 19.6 Å². The molecule has 1 aliphatic heterocycles. The molecule has 5 nitrogen and oxygen atoms in total.